The quantitative estimate of drug-likeness (QED) is 0.526. The van der Waals surface area contributed by atoms with Gasteiger partial charge in [-0.25, -0.2) is 0 Å². The molecule has 2 nitrogen and oxygen atoms in total. The minimum Gasteiger partial charge on any atom is -0.260 e. The average molecular weight is 134 g/mol. The zero-order valence-electron chi connectivity index (χ0n) is 6.26. The Labute approximate surface area is 60.9 Å². The number of nitrogens with zero attached hydrogens (tertiary/aromatic N) is 2. The van der Waals surface area contributed by atoms with E-state index < -0.39 is 0 Å². The Kier molecular flexibility index (Phi) is 1.77. The predicted molar refractivity (Wildman–Crippen MR) is 40.5 cm³/mol. The van der Waals surface area contributed by atoms with E-state index in [-0.39, 0.29) is 0 Å². The molecule has 0 N–H and O–H groups in total. The van der Waals surface area contributed by atoms with Crippen molar-refractivity contribution >= 4 is 0 Å². The number of hydrogen-bond donors (Lipinski definition) is 0. The maximum Gasteiger partial charge on any atom is 0.101 e. The molecular weight excluding hydrogens is 124 g/mol. The van der Waals surface area contributed by atoms with Crippen LogP contribution in [0.15, 0.2) is 6.20 Å². The van der Waals surface area contributed by atoms with Gasteiger partial charge in [-0.3, -0.25) is 4.68 Å². The van der Waals surface area contributed by atoms with Crippen molar-refractivity contribution in [3.05, 3.63) is 17.5 Å². The minimum atomic E-state index is 0.564. The molecule has 0 radical (unpaired) electrons. The van der Waals surface area contributed by atoms with Gasteiger partial charge < -0.3 is 0 Å². The van der Waals surface area contributed by atoms with Crippen LogP contribution in [-0.4, -0.2) is 9.78 Å². The Balaban J connectivity index is 2.90. The standard InChI is InChI=1S/C8H10N2/c1-4-5-10-6-7(2)8(3)9-10/h1,6H,5H2,2-3H3. The van der Waals surface area contributed by atoms with E-state index in [2.05, 4.69) is 11.0 Å². The van der Waals surface area contributed by atoms with Crippen LogP contribution < -0.4 is 0 Å². The molecular formula is C8H10N2. The second kappa shape index (κ2) is 2.57. The molecule has 1 heterocycles. The highest BCUT2D eigenvalue weighted by atomic mass is 15.3. The summed E-state index contributed by atoms with van der Waals surface area (Å²) in [6, 6.07) is 0. The lowest BCUT2D eigenvalue weighted by Gasteiger charge is -1.88. The van der Waals surface area contributed by atoms with Crippen LogP contribution >= 0.6 is 0 Å². The molecule has 52 valence electrons. The molecule has 0 atom stereocenters. The fourth-order valence-corrected chi connectivity index (χ4v) is 0.792. The monoisotopic (exact) mass is 134 g/mol. The maximum atomic E-state index is 5.11. The van der Waals surface area contributed by atoms with Crippen LogP contribution in [0.5, 0.6) is 0 Å². The van der Waals surface area contributed by atoms with E-state index in [0.717, 1.165) is 5.69 Å². The first kappa shape index (κ1) is 6.88. The van der Waals surface area contributed by atoms with Gasteiger partial charge in [-0.05, 0) is 19.4 Å². The summed E-state index contributed by atoms with van der Waals surface area (Å²) in [6.45, 7) is 4.56. The van der Waals surface area contributed by atoms with Gasteiger partial charge in [-0.15, -0.1) is 6.42 Å². The van der Waals surface area contributed by atoms with Crippen LogP contribution in [0.1, 0.15) is 11.3 Å². The van der Waals surface area contributed by atoms with Crippen LogP contribution in [-0.2, 0) is 6.54 Å². The zero-order valence-corrected chi connectivity index (χ0v) is 6.26. The first-order valence-corrected chi connectivity index (χ1v) is 3.18. The summed E-state index contributed by atoms with van der Waals surface area (Å²) in [7, 11) is 0. The molecule has 0 aromatic carbocycles. The van der Waals surface area contributed by atoms with E-state index in [4.69, 9.17) is 6.42 Å². The van der Waals surface area contributed by atoms with E-state index in [1.165, 1.54) is 5.56 Å². The Bertz CT molecular complexity index is 246. The summed E-state index contributed by atoms with van der Waals surface area (Å²) in [4.78, 5) is 0. The topological polar surface area (TPSA) is 17.8 Å². The normalized spacial score (nSPS) is 9.30. The van der Waals surface area contributed by atoms with E-state index >= 15 is 0 Å². The van der Waals surface area contributed by atoms with E-state index in [0.29, 0.717) is 6.54 Å². The lowest BCUT2D eigenvalue weighted by atomic mass is 10.3. The number of aryl methyl sites for hydroxylation is 2. The number of rotatable bonds is 1. The first-order valence-electron chi connectivity index (χ1n) is 3.18. The molecule has 0 aliphatic rings. The summed E-state index contributed by atoms with van der Waals surface area (Å²) in [5.74, 6) is 2.52. The predicted octanol–water partition coefficient (Wildman–Crippen LogP) is 1.13. The van der Waals surface area contributed by atoms with Gasteiger partial charge in [0.05, 0.1) is 5.69 Å². The first-order chi connectivity index (χ1) is 4.74. The molecule has 0 aliphatic heterocycles. The summed E-state index contributed by atoms with van der Waals surface area (Å²) >= 11 is 0. The molecule has 0 fully saturated rings. The molecule has 1 aromatic rings. The number of aromatic nitrogens is 2. The third-order valence-electron chi connectivity index (χ3n) is 1.45. The molecule has 1 aromatic heterocycles. The minimum absolute atomic E-state index is 0.564. The largest absolute Gasteiger partial charge is 0.260 e. The van der Waals surface area contributed by atoms with Crippen molar-refractivity contribution in [2.45, 2.75) is 20.4 Å². The second-order valence-electron chi connectivity index (χ2n) is 2.30. The van der Waals surface area contributed by atoms with E-state index in [9.17, 15) is 0 Å². The fourth-order valence-electron chi connectivity index (χ4n) is 0.792. The number of hydrogen-bond acceptors (Lipinski definition) is 1. The lowest BCUT2D eigenvalue weighted by molar-refractivity contribution is 0.707. The molecule has 0 saturated carbocycles. The lowest BCUT2D eigenvalue weighted by Crippen LogP contribution is -1.95. The van der Waals surface area contributed by atoms with Crippen LogP contribution in [0.2, 0.25) is 0 Å². The van der Waals surface area contributed by atoms with Crippen LogP contribution in [0.3, 0.4) is 0 Å². The van der Waals surface area contributed by atoms with E-state index in [1.54, 1.807) is 4.68 Å². The molecule has 10 heavy (non-hydrogen) atoms. The SMILES string of the molecule is C#CCn1cc(C)c(C)n1. The third-order valence-corrected chi connectivity index (χ3v) is 1.45. The van der Waals surface area contributed by atoms with Gasteiger partial charge >= 0.3 is 0 Å². The maximum absolute atomic E-state index is 5.11. The summed E-state index contributed by atoms with van der Waals surface area (Å²) in [5.41, 5.74) is 2.24. The molecule has 2 heteroatoms. The Morgan fingerprint density at radius 2 is 2.40 bits per heavy atom. The van der Waals surface area contributed by atoms with Crippen molar-refractivity contribution in [2.24, 2.45) is 0 Å². The smallest absolute Gasteiger partial charge is 0.101 e. The van der Waals surface area contributed by atoms with Gasteiger partial charge in [-0.2, -0.15) is 5.10 Å². The summed E-state index contributed by atoms with van der Waals surface area (Å²) < 4.78 is 1.77. The van der Waals surface area contributed by atoms with Gasteiger partial charge in [0.1, 0.15) is 6.54 Å². The van der Waals surface area contributed by atoms with Crippen molar-refractivity contribution in [3.8, 4) is 12.3 Å². The van der Waals surface area contributed by atoms with Gasteiger partial charge in [0.2, 0.25) is 0 Å². The Morgan fingerprint density at radius 3 is 2.80 bits per heavy atom. The Hall–Kier alpha value is -1.23. The third kappa shape index (κ3) is 1.19. The highest BCUT2D eigenvalue weighted by molar-refractivity contribution is 5.12. The van der Waals surface area contributed by atoms with Crippen molar-refractivity contribution in [1.82, 2.24) is 9.78 Å². The van der Waals surface area contributed by atoms with Crippen molar-refractivity contribution < 1.29 is 0 Å². The van der Waals surface area contributed by atoms with Crippen LogP contribution in [0, 0.1) is 26.2 Å². The van der Waals surface area contributed by atoms with Crippen LogP contribution in [0.4, 0.5) is 0 Å². The Morgan fingerprint density at radius 1 is 1.70 bits per heavy atom. The number of terminal acetylenes is 1. The fraction of sp³-hybridized carbons (Fsp3) is 0.375. The summed E-state index contributed by atoms with van der Waals surface area (Å²) in [5, 5.41) is 4.17. The van der Waals surface area contributed by atoms with Crippen molar-refractivity contribution in [2.75, 3.05) is 0 Å². The molecule has 1 rings (SSSR count). The molecule has 0 bridgehead atoms. The molecule has 0 amide bonds. The molecule has 0 saturated heterocycles. The van der Waals surface area contributed by atoms with Crippen molar-refractivity contribution in [3.63, 3.8) is 0 Å². The molecule has 0 spiro atoms. The zero-order chi connectivity index (χ0) is 7.56. The van der Waals surface area contributed by atoms with Crippen molar-refractivity contribution in [1.29, 1.82) is 0 Å². The highest BCUT2D eigenvalue weighted by Crippen LogP contribution is 2.01. The second-order valence-corrected chi connectivity index (χ2v) is 2.30. The van der Waals surface area contributed by atoms with Gasteiger partial charge in [0, 0.05) is 6.20 Å². The van der Waals surface area contributed by atoms with Crippen LogP contribution in [0.25, 0.3) is 0 Å². The summed E-state index contributed by atoms with van der Waals surface area (Å²) in [6.07, 6.45) is 7.06. The molecule has 0 aliphatic carbocycles. The average Bonchev–Trinajstić information content (AvgIpc) is 2.14. The van der Waals surface area contributed by atoms with Gasteiger partial charge in [-0.1, -0.05) is 5.92 Å². The van der Waals surface area contributed by atoms with Gasteiger partial charge in [0.25, 0.3) is 0 Å². The molecule has 0 unspecified atom stereocenters. The highest BCUT2D eigenvalue weighted by Gasteiger charge is 1.96. The van der Waals surface area contributed by atoms with E-state index in [1.807, 2.05) is 20.0 Å². The van der Waals surface area contributed by atoms with Gasteiger partial charge in [0.15, 0.2) is 0 Å².